The Balaban J connectivity index is 2.26. The third-order valence-electron chi connectivity index (χ3n) is 2.04. The van der Waals surface area contributed by atoms with Crippen molar-refractivity contribution in [3.63, 3.8) is 0 Å². The van der Waals surface area contributed by atoms with Crippen LogP contribution < -0.4 is 0 Å². The average molecular weight is 249 g/mol. The fourth-order valence-electron chi connectivity index (χ4n) is 1.19. The second kappa shape index (κ2) is 7.75. The zero-order chi connectivity index (χ0) is 12.5. The highest BCUT2D eigenvalue weighted by atomic mass is 32.2. The Morgan fingerprint density at radius 1 is 1.41 bits per heavy atom. The second-order valence-corrected chi connectivity index (χ2v) is 4.51. The van der Waals surface area contributed by atoms with E-state index in [1.165, 1.54) is 11.8 Å². The molecule has 0 spiro atoms. The summed E-state index contributed by atoms with van der Waals surface area (Å²) in [4.78, 5) is 11.2. The van der Waals surface area contributed by atoms with Gasteiger partial charge in [0.05, 0.1) is 24.0 Å². The summed E-state index contributed by atoms with van der Waals surface area (Å²) in [5, 5.41) is 8.64. The molecule has 3 nitrogen and oxygen atoms in total. The maximum Gasteiger partial charge on any atom is 0.315 e. The Bertz CT molecular complexity index is 395. The van der Waals surface area contributed by atoms with Gasteiger partial charge in [-0.1, -0.05) is 19.1 Å². The van der Waals surface area contributed by atoms with Gasteiger partial charge in [0, 0.05) is 5.75 Å². The summed E-state index contributed by atoms with van der Waals surface area (Å²) in [7, 11) is 0. The smallest absolute Gasteiger partial charge is 0.315 e. The van der Waals surface area contributed by atoms with E-state index < -0.39 is 0 Å². The predicted octanol–water partition coefficient (Wildman–Crippen LogP) is 2.74. The van der Waals surface area contributed by atoms with E-state index in [4.69, 9.17) is 10.00 Å². The van der Waals surface area contributed by atoms with E-state index in [2.05, 4.69) is 6.07 Å². The molecule has 90 valence electrons. The lowest BCUT2D eigenvalue weighted by Crippen LogP contribution is -2.07. The molecule has 1 rings (SSSR count). The van der Waals surface area contributed by atoms with Gasteiger partial charge in [0.25, 0.3) is 0 Å². The fraction of sp³-hybridized carbons (Fsp3) is 0.385. The van der Waals surface area contributed by atoms with Crippen molar-refractivity contribution >= 4 is 17.7 Å². The largest absolute Gasteiger partial charge is 0.465 e. The summed E-state index contributed by atoms with van der Waals surface area (Å²) in [5.41, 5.74) is 1.76. The highest BCUT2D eigenvalue weighted by molar-refractivity contribution is 7.99. The monoisotopic (exact) mass is 249 g/mol. The molecule has 1 aromatic rings. The summed E-state index contributed by atoms with van der Waals surface area (Å²) < 4.78 is 4.96. The zero-order valence-corrected chi connectivity index (χ0v) is 10.6. The van der Waals surface area contributed by atoms with Crippen molar-refractivity contribution in [2.45, 2.75) is 19.1 Å². The molecular formula is C13H15NO2S. The number of nitriles is 1. The lowest BCUT2D eigenvalue weighted by molar-refractivity contribution is -0.140. The Morgan fingerprint density at radius 2 is 2.12 bits per heavy atom. The molecule has 17 heavy (non-hydrogen) atoms. The minimum absolute atomic E-state index is 0.162. The minimum atomic E-state index is -0.162. The van der Waals surface area contributed by atoms with Crippen LogP contribution in [0.1, 0.15) is 24.5 Å². The van der Waals surface area contributed by atoms with Gasteiger partial charge in [0.1, 0.15) is 0 Å². The van der Waals surface area contributed by atoms with Crippen molar-refractivity contribution in [2.24, 2.45) is 0 Å². The van der Waals surface area contributed by atoms with Crippen molar-refractivity contribution < 1.29 is 9.53 Å². The molecule has 0 saturated heterocycles. The van der Waals surface area contributed by atoms with E-state index in [1.54, 1.807) is 12.1 Å². The number of esters is 1. The van der Waals surface area contributed by atoms with Crippen molar-refractivity contribution in [1.82, 2.24) is 0 Å². The number of rotatable bonds is 6. The molecule has 1 aromatic carbocycles. The molecule has 0 saturated carbocycles. The Hall–Kier alpha value is -1.47. The first-order valence-electron chi connectivity index (χ1n) is 5.48. The summed E-state index contributed by atoms with van der Waals surface area (Å²) in [6.45, 7) is 2.47. The van der Waals surface area contributed by atoms with Crippen molar-refractivity contribution in [3.05, 3.63) is 35.4 Å². The van der Waals surface area contributed by atoms with Gasteiger partial charge in [-0.3, -0.25) is 4.79 Å². The van der Waals surface area contributed by atoms with Crippen LogP contribution >= 0.6 is 11.8 Å². The van der Waals surface area contributed by atoms with Gasteiger partial charge in [-0.2, -0.15) is 5.26 Å². The number of thioether (sulfide) groups is 1. The molecular weight excluding hydrogens is 234 g/mol. The first-order valence-corrected chi connectivity index (χ1v) is 6.64. The molecule has 0 aliphatic heterocycles. The minimum Gasteiger partial charge on any atom is -0.465 e. The highest BCUT2D eigenvalue weighted by Crippen LogP contribution is 2.13. The quantitative estimate of drug-likeness (QED) is 0.727. The van der Waals surface area contributed by atoms with Crippen LogP contribution in [0.2, 0.25) is 0 Å². The van der Waals surface area contributed by atoms with Crippen LogP contribution in [0.25, 0.3) is 0 Å². The molecule has 0 aliphatic carbocycles. The second-order valence-electron chi connectivity index (χ2n) is 3.52. The van der Waals surface area contributed by atoms with Gasteiger partial charge >= 0.3 is 5.97 Å². The molecule has 0 atom stereocenters. The van der Waals surface area contributed by atoms with Crippen molar-refractivity contribution in [3.8, 4) is 6.07 Å². The van der Waals surface area contributed by atoms with Crippen LogP contribution in [0.5, 0.6) is 0 Å². The number of carbonyl (C=O) groups is 1. The SMILES string of the molecule is CCCOC(=O)CSCc1ccc(C#N)cc1. The molecule has 0 bridgehead atoms. The van der Waals surface area contributed by atoms with Crippen molar-refractivity contribution in [2.75, 3.05) is 12.4 Å². The number of benzene rings is 1. The van der Waals surface area contributed by atoms with E-state index in [9.17, 15) is 4.79 Å². The van der Waals surface area contributed by atoms with Gasteiger partial charge in [0.2, 0.25) is 0 Å². The molecule has 0 heterocycles. The van der Waals surface area contributed by atoms with Crippen molar-refractivity contribution in [1.29, 1.82) is 5.26 Å². The van der Waals surface area contributed by atoms with Gasteiger partial charge in [0.15, 0.2) is 0 Å². The van der Waals surface area contributed by atoms with Gasteiger partial charge < -0.3 is 4.74 Å². The number of ether oxygens (including phenoxy) is 1. The third-order valence-corrected chi connectivity index (χ3v) is 3.02. The molecule has 0 N–H and O–H groups in total. The Morgan fingerprint density at radius 3 is 2.71 bits per heavy atom. The number of carbonyl (C=O) groups excluding carboxylic acids is 1. The molecule has 0 radical (unpaired) electrons. The topological polar surface area (TPSA) is 50.1 Å². The van der Waals surface area contributed by atoms with Gasteiger partial charge in [-0.05, 0) is 24.1 Å². The molecule has 0 unspecified atom stereocenters. The Labute approximate surface area is 106 Å². The summed E-state index contributed by atoms with van der Waals surface area (Å²) >= 11 is 1.52. The number of hydrogen-bond donors (Lipinski definition) is 0. The standard InChI is InChI=1S/C13H15NO2S/c1-2-7-16-13(15)10-17-9-12-5-3-11(8-14)4-6-12/h3-6H,2,7,9-10H2,1H3. The first kappa shape index (κ1) is 13.6. The molecule has 0 amide bonds. The molecule has 0 fully saturated rings. The van der Waals surface area contributed by atoms with Crippen LogP contribution in [-0.2, 0) is 15.3 Å². The Kier molecular flexibility index (Phi) is 6.19. The summed E-state index contributed by atoms with van der Waals surface area (Å²) in [6.07, 6.45) is 0.853. The van der Waals surface area contributed by atoms with Crippen LogP contribution in [0.4, 0.5) is 0 Å². The van der Waals surface area contributed by atoms with Gasteiger partial charge in [-0.15, -0.1) is 11.8 Å². The summed E-state index contributed by atoms with van der Waals surface area (Å²) in [5.74, 6) is 0.970. The van der Waals surface area contributed by atoms with Gasteiger partial charge in [-0.25, -0.2) is 0 Å². The normalized spacial score (nSPS) is 9.65. The number of nitrogens with zero attached hydrogens (tertiary/aromatic N) is 1. The first-order chi connectivity index (χ1) is 8.26. The average Bonchev–Trinajstić information content (AvgIpc) is 2.37. The van der Waals surface area contributed by atoms with Crippen LogP contribution in [0, 0.1) is 11.3 Å². The van der Waals surface area contributed by atoms with E-state index in [0.717, 1.165) is 17.7 Å². The van der Waals surface area contributed by atoms with Crippen LogP contribution in [-0.4, -0.2) is 18.3 Å². The van der Waals surface area contributed by atoms with E-state index in [-0.39, 0.29) is 5.97 Å². The summed E-state index contributed by atoms with van der Waals surface area (Å²) in [6, 6.07) is 9.45. The lowest BCUT2D eigenvalue weighted by Gasteiger charge is -2.03. The molecule has 0 aromatic heterocycles. The van der Waals surface area contributed by atoms with E-state index in [1.807, 2.05) is 19.1 Å². The number of hydrogen-bond acceptors (Lipinski definition) is 4. The maximum absolute atomic E-state index is 11.2. The molecule has 4 heteroatoms. The fourth-order valence-corrected chi connectivity index (χ4v) is 1.97. The highest BCUT2D eigenvalue weighted by Gasteiger charge is 2.02. The zero-order valence-electron chi connectivity index (χ0n) is 9.81. The van der Waals surface area contributed by atoms with Crippen LogP contribution in [0.3, 0.4) is 0 Å². The third kappa shape index (κ3) is 5.41. The van der Waals surface area contributed by atoms with E-state index in [0.29, 0.717) is 17.9 Å². The predicted molar refractivity (Wildman–Crippen MR) is 68.6 cm³/mol. The lowest BCUT2D eigenvalue weighted by atomic mass is 10.2. The maximum atomic E-state index is 11.2. The van der Waals surface area contributed by atoms with E-state index >= 15 is 0 Å². The van der Waals surface area contributed by atoms with Crippen LogP contribution in [0.15, 0.2) is 24.3 Å². The molecule has 0 aliphatic rings.